The number of para-hydroxylation sites is 1. The normalized spacial score (nSPS) is 13.9. The molecule has 2 aromatic carbocycles. The minimum absolute atomic E-state index is 0.0409. The summed E-state index contributed by atoms with van der Waals surface area (Å²) in [5.41, 5.74) is 1.31. The first-order chi connectivity index (χ1) is 13.0. The van der Waals surface area contributed by atoms with Gasteiger partial charge in [0.1, 0.15) is 5.75 Å². The quantitative estimate of drug-likeness (QED) is 0.600. The molecule has 1 N–H and O–H groups in total. The molecule has 142 valence electrons. The summed E-state index contributed by atoms with van der Waals surface area (Å²) in [6.45, 7) is 2.34. The Morgan fingerprint density at radius 1 is 1.22 bits per heavy atom. The maximum absolute atomic E-state index is 12.3. The Morgan fingerprint density at radius 3 is 2.59 bits per heavy atom. The van der Waals surface area contributed by atoms with E-state index in [9.17, 15) is 14.9 Å². The average Bonchev–Trinajstić information content (AvgIpc) is 2.67. The number of halogens is 1. The highest BCUT2D eigenvalue weighted by Gasteiger charge is 2.19. The van der Waals surface area contributed by atoms with Crippen LogP contribution in [0.15, 0.2) is 42.5 Å². The number of nitrogens with zero attached hydrogens (tertiary/aromatic N) is 2. The molecule has 3 rings (SSSR count). The van der Waals surface area contributed by atoms with Gasteiger partial charge >= 0.3 is 0 Å². The van der Waals surface area contributed by atoms with E-state index in [1.807, 2.05) is 0 Å². The van der Waals surface area contributed by atoms with Gasteiger partial charge in [-0.15, -0.1) is 0 Å². The van der Waals surface area contributed by atoms with Gasteiger partial charge in [-0.3, -0.25) is 14.9 Å². The number of morpholine rings is 1. The molecule has 0 aromatic heterocycles. The number of hydrogen-bond acceptors (Lipinski definition) is 6. The highest BCUT2D eigenvalue weighted by molar-refractivity contribution is 6.34. The van der Waals surface area contributed by atoms with E-state index in [4.69, 9.17) is 21.1 Å². The number of ether oxygens (including phenoxy) is 2. The maximum Gasteiger partial charge on any atom is 0.269 e. The number of carbonyl (C=O) groups excluding carboxylic acids is 1. The standard InChI is InChI=1S/C18H18ClN3O5/c19-15-2-1-3-16(18(15)21-8-10-26-11-9-21)20-17(23)12-27-14-6-4-13(5-7-14)22(24)25/h1-7H,8-12H2,(H,20,23). The van der Waals surface area contributed by atoms with Crippen molar-refractivity contribution in [1.29, 1.82) is 0 Å². The van der Waals surface area contributed by atoms with E-state index in [2.05, 4.69) is 10.2 Å². The molecule has 1 saturated heterocycles. The van der Waals surface area contributed by atoms with Crippen LogP contribution in [0.4, 0.5) is 17.1 Å². The number of carbonyl (C=O) groups is 1. The Morgan fingerprint density at radius 2 is 1.93 bits per heavy atom. The molecule has 0 aliphatic carbocycles. The number of amides is 1. The van der Waals surface area contributed by atoms with E-state index in [0.717, 1.165) is 5.69 Å². The van der Waals surface area contributed by atoms with Gasteiger partial charge in [0.25, 0.3) is 11.6 Å². The number of non-ortho nitro benzene ring substituents is 1. The predicted molar refractivity (Wildman–Crippen MR) is 102 cm³/mol. The number of rotatable bonds is 6. The van der Waals surface area contributed by atoms with Crippen molar-refractivity contribution in [3.8, 4) is 5.75 Å². The number of nitrogens with one attached hydrogen (secondary N) is 1. The van der Waals surface area contributed by atoms with Crippen LogP contribution < -0.4 is 15.0 Å². The summed E-state index contributed by atoms with van der Waals surface area (Å²) in [6, 6.07) is 10.9. The second-order valence-corrected chi connectivity index (χ2v) is 6.23. The number of nitro groups is 1. The highest BCUT2D eigenvalue weighted by atomic mass is 35.5. The molecule has 1 heterocycles. The van der Waals surface area contributed by atoms with Crippen LogP contribution in [0.2, 0.25) is 5.02 Å². The van der Waals surface area contributed by atoms with Crippen molar-refractivity contribution in [2.45, 2.75) is 0 Å². The number of nitro benzene ring substituents is 1. The summed E-state index contributed by atoms with van der Waals surface area (Å²) in [7, 11) is 0. The molecule has 1 fully saturated rings. The van der Waals surface area contributed by atoms with Crippen molar-refractivity contribution in [3.05, 3.63) is 57.6 Å². The SMILES string of the molecule is O=C(COc1ccc([N+](=O)[O-])cc1)Nc1cccc(Cl)c1N1CCOCC1. The molecule has 0 unspecified atom stereocenters. The van der Waals surface area contributed by atoms with Crippen LogP contribution in [0.25, 0.3) is 0 Å². The lowest BCUT2D eigenvalue weighted by Crippen LogP contribution is -2.37. The molecule has 2 aromatic rings. The third-order valence-electron chi connectivity index (χ3n) is 4.01. The van der Waals surface area contributed by atoms with E-state index in [1.165, 1.54) is 24.3 Å². The third kappa shape index (κ3) is 4.87. The van der Waals surface area contributed by atoms with Crippen LogP contribution in [0.1, 0.15) is 0 Å². The lowest BCUT2D eigenvalue weighted by molar-refractivity contribution is -0.384. The Balaban J connectivity index is 1.63. The van der Waals surface area contributed by atoms with Gasteiger partial charge in [0.2, 0.25) is 0 Å². The number of hydrogen-bond donors (Lipinski definition) is 1. The second kappa shape index (κ2) is 8.70. The molecule has 0 radical (unpaired) electrons. The summed E-state index contributed by atoms with van der Waals surface area (Å²) in [5, 5.41) is 14.0. The molecule has 0 bridgehead atoms. The maximum atomic E-state index is 12.3. The van der Waals surface area contributed by atoms with Crippen molar-refractivity contribution in [2.24, 2.45) is 0 Å². The molecule has 0 saturated carbocycles. The third-order valence-corrected chi connectivity index (χ3v) is 4.31. The molecule has 8 nitrogen and oxygen atoms in total. The molecule has 1 aliphatic heterocycles. The smallest absolute Gasteiger partial charge is 0.269 e. The molecular formula is C18H18ClN3O5. The van der Waals surface area contributed by atoms with Gasteiger partial charge in [-0.2, -0.15) is 0 Å². The monoisotopic (exact) mass is 391 g/mol. The topological polar surface area (TPSA) is 93.9 Å². The zero-order valence-corrected chi connectivity index (χ0v) is 15.1. The van der Waals surface area contributed by atoms with Crippen LogP contribution in [0.5, 0.6) is 5.75 Å². The van der Waals surface area contributed by atoms with Gasteiger partial charge in [0.05, 0.1) is 34.5 Å². The van der Waals surface area contributed by atoms with Crippen molar-refractivity contribution in [2.75, 3.05) is 43.1 Å². The van der Waals surface area contributed by atoms with Crippen LogP contribution in [0.3, 0.4) is 0 Å². The molecule has 0 spiro atoms. The van der Waals surface area contributed by atoms with E-state index < -0.39 is 4.92 Å². The second-order valence-electron chi connectivity index (χ2n) is 5.82. The van der Waals surface area contributed by atoms with E-state index in [0.29, 0.717) is 42.8 Å². The first kappa shape index (κ1) is 18.9. The van der Waals surface area contributed by atoms with Gasteiger partial charge in [-0.05, 0) is 24.3 Å². The zero-order chi connectivity index (χ0) is 19.2. The lowest BCUT2D eigenvalue weighted by atomic mass is 10.2. The Labute approximate surface area is 160 Å². The Bertz CT molecular complexity index is 822. The summed E-state index contributed by atoms with van der Waals surface area (Å²) < 4.78 is 10.7. The highest BCUT2D eigenvalue weighted by Crippen LogP contribution is 2.34. The predicted octanol–water partition coefficient (Wildman–Crippen LogP) is 3.10. The fourth-order valence-corrected chi connectivity index (χ4v) is 3.02. The van der Waals surface area contributed by atoms with E-state index >= 15 is 0 Å². The van der Waals surface area contributed by atoms with Crippen molar-refractivity contribution >= 4 is 34.6 Å². The van der Waals surface area contributed by atoms with Crippen LogP contribution in [-0.2, 0) is 9.53 Å². The largest absolute Gasteiger partial charge is 0.484 e. The average molecular weight is 392 g/mol. The number of anilines is 2. The molecule has 0 atom stereocenters. The number of benzene rings is 2. The zero-order valence-electron chi connectivity index (χ0n) is 14.4. The minimum Gasteiger partial charge on any atom is -0.484 e. The van der Waals surface area contributed by atoms with Crippen LogP contribution in [-0.4, -0.2) is 43.7 Å². The van der Waals surface area contributed by atoms with Crippen molar-refractivity contribution < 1.29 is 19.2 Å². The summed E-state index contributed by atoms with van der Waals surface area (Å²) in [4.78, 5) is 24.5. The van der Waals surface area contributed by atoms with Gasteiger partial charge < -0.3 is 19.7 Å². The molecule has 1 amide bonds. The van der Waals surface area contributed by atoms with E-state index in [-0.39, 0.29) is 18.2 Å². The van der Waals surface area contributed by atoms with Gasteiger partial charge in [0.15, 0.2) is 6.61 Å². The van der Waals surface area contributed by atoms with Crippen LogP contribution >= 0.6 is 11.6 Å². The summed E-state index contributed by atoms with van der Waals surface area (Å²) in [5.74, 6) is 0.0142. The summed E-state index contributed by atoms with van der Waals surface area (Å²) >= 11 is 6.34. The van der Waals surface area contributed by atoms with Crippen molar-refractivity contribution in [1.82, 2.24) is 0 Å². The molecule has 1 aliphatic rings. The van der Waals surface area contributed by atoms with Crippen LogP contribution in [0, 0.1) is 10.1 Å². The van der Waals surface area contributed by atoms with Gasteiger partial charge in [-0.25, -0.2) is 0 Å². The fourth-order valence-electron chi connectivity index (χ4n) is 2.72. The molecular weight excluding hydrogens is 374 g/mol. The Kier molecular flexibility index (Phi) is 6.10. The molecule has 27 heavy (non-hydrogen) atoms. The first-order valence-electron chi connectivity index (χ1n) is 8.33. The van der Waals surface area contributed by atoms with E-state index in [1.54, 1.807) is 18.2 Å². The Hall–Kier alpha value is -2.84. The fraction of sp³-hybridized carbons (Fsp3) is 0.278. The van der Waals surface area contributed by atoms with Gasteiger partial charge in [-0.1, -0.05) is 17.7 Å². The van der Waals surface area contributed by atoms with Crippen molar-refractivity contribution in [3.63, 3.8) is 0 Å². The molecule has 9 heteroatoms. The van der Waals surface area contributed by atoms with Gasteiger partial charge in [0, 0.05) is 25.2 Å². The first-order valence-corrected chi connectivity index (χ1v) is 8.70. The lowest BCUT2D eigenvalue weighted by Gasteiger charge is -2.31. The minimum atomic E-state index is -0.497. The summed E-state index contributed by atoms with van der Waals surface area (Å²) in [6.07, 6.45) is 0.